The number of nitrogens with two attached hydrogens (primary N) is 7. The summed E-state index contributed by atoms with van der Waals surface area (Å²) in [5.74, 6) is -19.9. The Morgan fingerprint density at radius 2 is 0.683 bits per heavy atom. The van der Waals surface area contributed by atoms with Gasteiger partial charge in [0.05, 0.1) is 25.1 Å². The molecule has 0 radical (unpaired) electrons. The average Bonchev–Trinajstić information content (AvgIpc) is 0.844. The van der Waals surface area contributed by atoms with Crippen molar-refractivity contribution >= 4 is 142 Å². The molecule has 2 rings (SSSR count). The lowest BCUT2D eigenvalue weighted by molar-refractivity contribution is -0.143. The van der Waals surface area contributed by atoms with Crippen LogP contribution < -0.4 is 131 Å². The Morgan fingerprint density at radius 1 is 0.360 bits per heavy atom. The zero-order chi connectivity index (χ0) is 105. The SMILES string of the molecule is CSCC[C@H](NC(=O)[C@H](C)NC(=O)[C@H](CCCNC(=N)N)NC(=O)[C@H](CC(C)C)NC(=O)[C@H](CCCCN)NC(=O)[C@H](CCCCN)NC(=O)[C@H](CCC(N)=O)NC(=O)[C@H](Cc1ccc(O)cc1)NC(=O)CNC(=O)[C@@H](N)CCSC)C(=O)N[C@H](C(=O)N[C@@H](CC(=O)O)C(=O)N[C@@H](CCCCN)C(=O)N[C@@H](Cc1ccc(O)cc1)C(=O)N[C@@H](CCCNC(=N)N)C(=O)N[C@@H](CC(C)C)C(=O)O)[C@@H](C)O. The minimum Gasteiger partial charge on any atom is -0.508 e. The summed E-state index contributed by atoms with van der Waals surface area (Å²) in [4.78, 5) is 252. The monoisotopic (exact) mass is 2000 g/mol. The number of carboxylic acids is 2. The normalized spacial score (nSPS) is 14.6. The third kappa shape index (κ3) is 50.6. The first-order chi connectivity index (χ1) is 65.7. The smallest absolute Gasteiger partial charge is 0.326 e. The van der Waals surface area contributed by atoms with Gasteiger partial charge in [0.2, 0.25) is 94.5 Å². The number of carbonyl (C=O) groups excluding carboxylic acids is 16. The van der Waals surface area contributed by atoms with E-state index in [0.717, 1.165) is 6.92 Å². The second kappa shape index (κ2) is 66.9. The molecular formula is C88H148N26O23S2. The lowest BCUT2D eigenvalue weighted by Gasteiger charge is -2.29. The summed E-state index contributed by atoms with van der Waals surface area (Å²) in [6.07, 6.45) is -0.206. The summed E-state index contributed by atoms with van der Waals surface area (Å²) in [5, 5.41) is 110. The Hall–Kier alpha value is -12.5. The van der Waals surface area contributed by atoms with E-state index in [-0.39, 0.29) is 165 Å². The zero-order valence-corrected chi connectivity index (χ0v) is 81.8. The third-order valence-electron chi connectivity index (χ3n) is 21.4. The van der Waals surface area contributed by atoms with Crippen LogP contribution in [0.1, 0.15) is 181 Å². The van der Waals surface area contributed by atoms with E-state index in [4.69, 9.17) is 51.0 Å². The molecule has 0 fully saturated rings. The Morgan fingerprint density at radius 3 is 1.06 bits per heavy atom. The summed E-state index contributed by atoms with van der Waals surface area (Å²) in [7, 11) is 0. The molecule has 780 valence electrons. The topological polar surface area (TPSA) is 843 Å². The van der Waals surface area contributed by atoms with Gasteiger partial charge in [0.1, 0.15) is 96.1 Å². The number of hydrogen-bond donors (Lipinski definition) is 31. The van der Waals surface area contributed by atoms with Crippen molar-refractivity contribution in [1.82, 2.24) is 90.4 Å². The summed E-state index contributed by atoms with van der Waals surface area (Å²) >= 11 is 2.67. The number of phenols is 2. The van der Waals surface area contributed by atoms with E-state index in [1.54, 1.807) is 34.0 Å². The zero-order valence-electron chi connectivity index (χ0n) is 80.2. The number of thioether (sulfide) groups is 2. The van der Waals surface area contributed by atoms with Gasteiger partial charge in [-0.1, -0.05) is 52.0 Å². The second-order valence-corrected chi connectivity index (χ2v) is 36.4. The van der Waals surface area contributed by atoms with Gasteiger partial charge in [-0.25, -0.2) is 4.79 Å². The number of primary amides is 1. The fourth-order valence-electron chi connectivity index (χ4n) is 13.8. The molecule has 0 unspecified atom stereocenters. The van der Waals surface area contributed by atoms with E-state index >= 15 is 0 Å². The maximum absolute atomic E-state index is 14.8. The standard InChI is InChI=1S/C88H148N26O23S2/c1-47(2)41-63(110-76(126)57(18-10-13-35-90)104-75(125)56(17-9-12-34-89)105-79(129)61(30-31-68(93)118)109-82(132)64(43-51-22-26-53(116)27-23-51)102-69(119)46-100-73(123)55(92)32-39-138-7)81(131)107-59(20-15-37-98-87(94)95)74(124)101-49(5)72(122)103-62(33-40-139-8)80(130)114-71(50(6)115)85(135)112-66(45-70(120)121)84(134)106-58(19-11-14-36-91)77(127)111-65(44-52-24-28-54(117)29-25-52)83(133)108-60(21-16-38-99-88(96)97)78(128)113-67(86(136)137)42-48(3)4/h22-29,47-50,55-67,71,115-117H,9-21,30-46,89-92H2,1-8H3,(H2,93,118)(H,100,123)(H,101,124)(H,102,119)(H,103,122)(H,104,125)(H,105,129)(H,106,134)(H,107,131)(H,108,133)(H,109,132)(H,110,126)(H,111,127)(H,112,135)(H,113,128)(H,114,130)(H,120,121)(H,136,137)(H4,94,95,98)(H4,96,97,99)/t49-,50+,55-,56-,57-,58-,59-,60-,61-,62-,63-,64-,65-,66-,67-,71-/m0/s1. The van der Waals surface area contributed by atoms with Crippen molar-refractivity contribution < 1.29 is 112 Å². The van der Waals surface area contributed by atoms with Crippen molar-refractivity contribution in [3.63, 3.8) is 0 Å². The number of hydrogen-bond acceptors (Lipinski definition) is 29. The highest BCUT2D eigenvalue weighted by molar-refractivity contribution is 7.98. The minimum atomic E-state index is -2.09. The van der Waals surface area contributed by atoms with Crippen LogP contribution >= 0.6 is 23.5 Å². The molecule has 0 saturated heterocycles. The Balaban J connectivity index is 2.57. The number of guanidine groups is 2. The van der Waals surface area contributed by atoms with Crippen molar-refractivity contribution in [3.8, 4) is 11.5 Å². The Kier molecular flexibility index (Phi) is 59.1. The highest BCUT2D eigenvalue weighted by Gasteiger charge is 2.40. The van der Waals surface area contributed by atoms with Crippen LogP contribution in [-0.4, -0.2) is 304 Å². The molecule has 51 heteroatoms. The van der Waals surface area contributed by atoms with Crippen LogP contribution in [0.3, 0.4) is 0 Å². The number of aliphatic carboxylic acids is 2. The van der Waals surface area contributed by atoms with Gasteiger partial charge in [-0.05, 0) is 220 Å². The van der Waals surface area contributed by atoms with Crippen molar-refractivity contribution in [2.75, 3.05) is 63.3 Å². The van der Waals surface area contributed by atoms with Crippen LogP contribution in [0.2, 0.25) is 0 Å². The number of phenolic OH excluding ortho intramolecular Hbond substituents is 2. The molecule has 0 aliphatic heterocycles. The molecule has 38 N–H and O–H groups in total. The van der Waals surface area contributed by atoms with Gasteiger partial charge in [0, 0.05) is 32.4 Å². The molecule has 2 aromatic rings. The minimum absolute atomic E-state index is 0.00250. The molecule has 0 aliphatic carbocycles. The van der Waals surface area contributed by atoms with E-state index < -0.39 is 241 Å². The maximum Gasteiger partial charge on any atom is 0.326 e. The van der Waals surface area contributed by atoms with Gasteiger partial charge in [-0.2, -0.15) is 23.5 Å². The number of unbranched alkanes of at least 4 members (excludes halogenated alkanes) is 3. The molecule has 16 amide bonds. The third-order valence-corrected chi connectivity index (χ3v) is 22.7. The van der Waals surface area contributed by atoms with Crippen LogP contribution in [0, 0.1) is 22.7 Å². The number of carboxylic acid groups (broad SMARTS) is 2. The average molecular weight is 2000 g/mol. The summed E-state index contributed by atoms with van der Waals surface area (Å²) in [5.41, 5.74) is 40.8. The molecule has 2 aromatic carbocycles. The van der Waals surface area contributed by atoms with Gasteiger partial charge >= 0.3 is 11.9 Å². The van der Waals surface area contributed by atoms with Gasteiger partial charge in [0.25, 0.3) is 0 Å². The number of amides is 16. The fourth-order valence-corrected chi connectivity index (χ4v) is 14.8. The Labute approximate surface area is 816 Å². The molecule has 0 spiro atoms. The molecule has 0 saturated carbocycles. The number of aromatic hydroxyl groups is 2. The number of rotatable bonds is 71. The molecule has 139 heavy (non-hydrogen) atoms. The van der Waals surface area contributed by atoms with E-state index in [9.17, 15) is 112 Å². The molecule has 49 nitrogen and oxygen atoms in total. The first kappa shape index (κ1) is 123. The predicted molar refractivity (Wildman–Crippen MR) is 519 cm³/mol. The van der Waals surface area contributed by atoms with E-state index in [0.29, 0.717) is 36.1 Å². The number of carbonyl (C=O) groups is 18. The fraction of sp³-hybridized carbons (Fsp3) is 0.636. The number of nitrogens with one attached hydrogen (secondary N) is 19. The summed E-state index contributed by atoms with van der Waals surface area (Å²) in [6, 6.07) is -12.4. The van der Waals surface area contributed by atoms with Gasteiger partial charge in [-0.15, -0.1) is 0 Å². The lowest BCUT2D eigenvalue weighted by Crippen LogP contribution is -2.62. The van der Waals surface area contributed by atoms with Crippen LogP contribution in [0.5, 0.6) is 11.5 Å². The Bertz CT molecular complexity index is 4340. The first-order valence-electron chi connectivity index (χ1n) is 46.2. The van der Waals surface area contributed by atoms with Crippen molar-refractivity contribution in [1.29, 1.82) is 10.8 Å². The number of benzene rings is 2. The van der Waals surface area contributed by atoms with Gasteiger partial charge in [0.15, 0.2) is 11.9 Å². The van der Waals surface area contributed by atoms with Crippen LogP contribution in [-0.2, 0) is 99.1 Å². The lowest BCUT2D eigenvalue weighted by atomic mass is 10.0. The molecule has 0 aromatic heterocycles. The van der Waals surface area contributed by atoms with E-state index in [1.165, 1.54) is 79.0 Å². The number of aliphatic hydroxyl groups excluding tert-OH is 1. The van der Waals surface area contributed by atoms with Crippen LogP contribution in [0.25, 0.3) is 0 Å². The molecule has 0 heterocycles. The second-order valence-electron chi connectivity index (χ2n) is 34.4. The van der Waals surface area contributed by atoms with Gasteiger partial charge < -0.3 is 156 Å². The van der Waals surface area contributed by atoms with E-state index in [1.807, 2.05) is 6.26 Å². The molecule has 0 aliphatic rings. The van der Waals surface area contributed by atoms with Crippen molar-refractivity contribution in [2.24, 2.45) is 52.0 Å². The molecule has 0 bridgehead atoms. The van der Waals surface area contributed by atoms with E-state index in [2.05, 4.69) is 90.4 Å². The van der Waals surface area contributed by atoms with Gasteiger partial charge in [-0.3, -0.25) is 92.3 Å². The largest absolute Gasteiger partial charge is 0.508 e. The highest BCUT2D eigenvalue weighted by atomic mass is 32.2. The summed E-state index contributed by atoms with van der Waals surface area (Å²) < 4.78 is 0. The quantitative estimate of drug-likeness (QED) is 0.0166. The highest BCUT2D eigenvalue weighted by Crippen LogP contribution is 2.19. The van der Waals surface area contributed by atoms with Crippen molar-refractivity contribution in [3.05, 3.63) is 59.7 Å². The first-order valence-corrected chi connectivity index (χ1v) is 48.9. The maximum atomic E-state index is 14.8. The van der Waals surface area contributed by atoms with Crippen LogP contribution in [0.15, 0.2) is 48.5 Å². The number of aliphatic hydroxyl groups is 1. The molecular weight excluding hydrogens is 1850 g/mol. The predicted octanol–water partition coefficient (Wildman–Crippen LogP) is -6.15. The van der Waals surface area contributed by atoms with Crippen LogP contribution in [0.4, 0.5) is 0 Å². The summed E-state index contributed by atoms with van der Waals surface area (Å²) in [6.45, 7) is 8.95. The van der Waals surface area contributed by atoms with Crippen molar-refractivity contribution in [2.45, 2.75) is 280 Å². The molecule has 16 atom stereocenters.